The van der Waals surface area contributed by atoms with Crippen molar-refractivity contribution < 1.29 is 17.6 Å². The van der Waals surface area contributed by atoms with E-state index in [2.05, 4.69) is 21.2 Å². The van der Waals surface area contributed by atoms with Crippen molar-refractivity contribution in [3.63, 3.8) is 0 Å². The summed E-state index contributed by atoms with van der Waals surface area (Å²) >= 11 is 3.38. The molecule has 0 aliphatic heterocycles. The maximum absolute atomic E-state index is 13.8. The lowest BCUT2D eigenvalue weighted by molar-refractivity contribution is -0.114. The first kappa shape index (κ1) is 21.0. The third kappa shape index (κ3) is 5.02. The molecule has 0 atom stereocenters. The molecule has 1 amide bonds. The van der Waals surface area contributed by atoms with Crippen LogP contribution >= 0.6 is 15.9 Å². The van der Waals surface area contributed by atoms with Gasteiger partial charge in [0.05, 0.1) is 16.3 Å². The van der Waals surface area contributed by atoms with Gasteiger partial charge in [-0.15, -0.1) is 0 Å². The summed E-state index contributed by atoms with van der Waals surface area (Å²) in [6.07, 6.45) is 0. The predicted octanol–water partition coefficient (Wildman–Crippen LogP) is 4.73. The third-order valence-electron chi connectivity index (χ3n) is 4.11. The molecule has 0 heterocycles. The SMILES string of the molecule is Cc1ccc(NC(=O)CN(c2cccc(F)c2)S(=O)(=O)c2ccccc2)c(Br)c1. The number of aryl methyl sites for hydroxylation is 1. The summed E-state index contributed by atoms with van der Waals surface area (Å²) in [5, 5.41) is 2.69. The summed E-state index contributed by atoms with van der Waals surface area (Å²) in [5.74, 6) is -1.16. The second-order valence-corrected chi connectivity index (χ2v) is 9.05. The van der Waals surface area contributed by atoms with Gasteiger partial charge < -0.3 is 5.32 Å². The summed E-state index contributed by atoms with van der Waals surface area (Å²) in [4.78, 5) is 12.7. The summed E-state index contributed by atoms with van der Waals surface area (Å²) in [7, 11) is -4.08. The second kappa shape index (κ2) is 8.75. The van der Waals surface area contributed by atoms with Gasteiger partial charge >= 0.3 is 0 Å². The van der Waals surface area contributed by atoms with Crippen LogP contribution in [-0.4, -0.2) is 20.9 Å². The lowest BCUT2D eigenvalue weighted by Crippen LogP contribution is -2.38. The molecule has 0 saturated carbocycles. The average molecular weight is 477 g/mol. The topological polar surface area (TPSA) is 66.5 Å². The fourth-order valence-electron chi connectivity index (χ4n) is 2.71. The number of anilines is 2. The molecule has 1 N–H and O–H groups in total. The molecule has 0 unspecified atom stereocenters. The maximum Gasteiger partial charge on any atom is 0.264 e. The van der Waals surface area contributed by atoms with E-state index in [1.54, 1.807) is 24.3 Å². The number of rotatable bonds is 6. The number of hydrogen-bond donors (Lipinski definition) is 1. The fraction of sp³-hybridized carbons (Fsp3) is 0.0952. The molecular weight excluding hydrogens is 459 g/mol. The van der Waals surface area contributed by atoms with Crippen LogP contribution < -0.4 is 9.62 Å². The Kier molecular flexibility index (Phi) is 6.34. The highest BCUT2D eigenvalue weighted by Crippen LogP contribution is 2.26. The largest absolute Gasteiger partial charge is 0.323 e. The fourth-order valence-corrected chi connectivity index (χ4v) is 4.73. The Labute approximate surface area is 177 Å². The Hall–Kier alpha value is -2.71. The first-order valence-electron chi connectivity index (χ1n) is 8.67. The van der Waals surface area contributed by atoms with Gasteiger partial charge in [0, 0.05) is 4.47 Å². The van der Waals surface area contributed by atoms with E-state index in [0.29, 0.717) is 10.2 Å². The van der Waals surface area contributed by atoms with Gasteiger partial charge in [0.2, 0.25) is 5.91 Å². The zero-order chi connectivity index (χ0) is 21.0. The maximum atomic E-state index is 13.8. The average Bonchev–Trinajstić information content (AvgIpc) is 2.69. The molecule has 0 aromatic heterocycles. The number of amides is 1. The van der Waals surface area contributed by atoms with Gasteiger partial charge in [-0.25, -0.2) is 12.8 Å². The molecule has 8 heteroatoms. The number of halogens is 2. The van der Waals surface area contributed by atoms with Crippen molar-refractivity contribution in [2.24, 2.45) is 0 Å². The lowest BCUT2D eigenvalue weighted by atomic mass is 10.2. The minimum atomic E-state index is -4.08. The Bertz CT molecular complexity index is 1140. The van der Waals surface area contributed by atoms with Crippen LogP contribution in [0.3, 0.4) is 0 Å². The van der Waals surface area contributed by atoms with Crippen LogP contribution in [0, 0.1) is 12.7 Å². The van der Waals surface area contributed by atoms with E-state index in [1.807, 2.05) is 19.1 Å². The van der Waals surface area contributed by atoms with E-state index in [4.69, 9.17) is 0 Å². The van der Waals surface area contributed by atoms with E-state index in [0.717, 1.165) is 15.9 Å². The summed E-state index contributed by atoms with van der Waals surface area (Å²) < 4.78 is 41.6. The van der Waals surface area contributed by atoms with Gasteiger partial charge in [-0.3, -0.25) is 9.10 Å². The van der Waals surface area contributed by atoms with Crippen LogP contribution in [0.4, 0.5) is 15.8 Å². The van der Waals surface area contributed by atoms with E-state index >= 15 is 0 Å². The zero-order valence-electron chi connectivity index (χ0n) is 15.5. The van der Waals surface area contributed by atoms with Crippen molar-refractivity contribution in [1.29, 1.82) is 0 Å². The normalized spacial score (nSPS) is 11.1. The van der Waals surface area contributed by atoms with E-state index in [9.17, 15) is 17.6 Å². The number of nitrogens with one attached hydrogen (secondary N) is 1. The van der Waals surface area contributed by atoms with Gasteiger partial charge in [-0.1, -0.05) is 30.3 Å². The monoisotopic (exact) mass is 476 g/mol. The number of carbonyl (C=O) groups excluding carboxylic acids is 1. The van der Waals surface area contributed by atoms with Crippen molar-refractivity contribution in [2.45, 2.75) is 11.8 Å². The Balaban J connectivity index is 1.94. The molecule has 3 aromatic carbocycles. The van der Waals surface area contributed by atoms with E-state index < -0.39 is 28.3 Å². The van der Waals surface area contributed by atoms with Gasteiger partial charge in [-0.2, -0.15) is 0 Å². The predicted molar refractivity (Wildman–Crippen MR) is 115 cm³/mol. The second-order valence-electron chi connectivity index (χ2n) is 6.34. The van der Waals surface area contributed by atoms with Crippen molar-refractivity contribution in [1.82, 2.24) is 0 Å². The van der Waals surface area contributed by atoms with Crippen LogP contribution in [0.25, 0.3) is 0 Å². The number of sulfonamides is 1. The van der Waals surface area contributed by atoms with Gasteiger partial charge in [0.15, 0.2) is 0 Å². The molecule has 0 aliphatic rings. The summed E-state index contributed by atoms with van der Waals surface area (Å²) in [5.41, 5.74) is 1.58. The standard InChI is InChI=1S/C21H18BrFN2O3S/c1-15-10-11-20(19(22)12-15)24-21(26)14-25(17-7-5-6-16(23)13-17)29(27,28)18-8-3-2-4-9-18/h2-13H,14H2,1H3,(H,24,26). The molecule has 29 heavy (non-hydrogen) atoms. The third-order valence-corrected chi connectivity index (χ3v) is 6.56. The van der Waals surface area contributed by atoms with Gasteiger partial charge in [0.1, 0.15) is 12.4 Å². The summed E-state index contributed by atoms with van der Waals surface area (Å²) in [6, 6.07) is 18.2. The van der Waals surface area contributed by atoms with Crippen molar-refractivity contribution in [2.75, 3.05) is 16.2 Å². The highest BCUT2D eigenvalue weighted by Gasteiger charge is 2.27. The first-order valence-corrected chi connectivity index (χ1v) is 10.9. The van der Waals surface area contributed by atoms with Crippen LogP contribution in [0.2, 0.25) is 0 Å². The molecule has 0 bridgehead atoms. The number of nitrogens with zero attached hydrogens (tertiary/aromatic N) is 1. The van der Waals surface area contributed by atoms with Crippen molar-refractivity contribution in [3.8, 4) is 0 Å². The smallest absolute Gasteiger partial charge is 0.264 e. The zero-order valence-corrected chi connectivity index (χ0v) is 17.9. The highest BCUT2D eigenvalue weighted by molar-refractivity contribution is 9.10. The van der Waals surface area contributed by atoms with Gasteiger partial charge in [0.25, 0.3) is 10.0 Å². The molecular formula is C21H18BrFN2O3S. The molecule has 150 valence electrons. The van der Waals surface area contributed by atoms with Crippen LogP contribution in [-0.2, 0) is 14.8 Å². The van der Waals surface area contributed by atoms with Gasteiger partial charge in [-0.05, 0) is 70.9 Å². The molecule has 0 spiro atoms. The van der Waals surface area contributed by atoms with Crippen LogP contribution in [0.15, 0.2) is 82.2 Å². The minimum Gasteiger partial charge on any atom is -0.323 e. The molecule has 0 aliphatic carbocycles. The quantitative estimate of drug-likeness (QED) is 0.558. The van der Waals surface area contributed by atoms with Crippen LogP contribution in [0.5, 0.6) is 0 Å². The number of benzene rings is 3. The number of carbonyl (C=O) groups is 1. The lowest BCUT2D eigenvalue weighted by Gasteiger charge is -2.24. The van der Waals surface area contributed by atoms with E-state index in [1.165, 1.54) is 30.3 Å². The van der Waals surface area contributed by atoms with Crippen molar-refractivity contribution in [3.05, 3.63) is 88.6 Å². The highest BCUT2D eigenvalue weighted by atomic mass is 79.9. The summed E-state index contributed by atoms with van der Waals surface area (Å²) in [6.45, 7) is 1.40. The Morgan fingerprint density at radius 3 is 2.41 bits per heavy atom. The molecule has 0 saturated heterocycles. The molecule has 3 rings (SSSR count). The number of hydrogen-bond acceptors (Lipinski definition) is 3. The van der Waals surface area contributed by atoms with E-state index in [-0.39, 0.29) is 10.6 Å². The Morgan fingerprint density at radius 2 is 1.76 bits per heavy atom. The minimum absolute atomic E-state index is 0.00794. The van der Waals surface area contributed by atoms with Crippen LogP contribution in [0.1, 0.15) is 5.56 Å². The molecule has 0 radical (unpaired) electrons. The Morgan fingerprint density at radius 1 is 1.03 bits per heavy atom. The molecule has 3 aromatic rings. The first-order chi connectivity index (χ1) is 13.8. The molecule has 5 nitrogen and oxygen atoms in total. The molecule has 0 fully saturated rings. The van der Waals surface area contributed by atoms with Crippen molar-refractivity contribution >= 4 is 43.2 Å².